The summed E-state index contributed by atoms with van der Waals surface area (Å²) in [6.07, 6.45) is 10.5. The van der Waals surface area contributed by atoms with E-state index in [2.05, 4.69) is 30.9 Å². The van der Waals surface area contributed by atoms with Crippen LogP contribution in [0, 0.1) is 5.82 Å². The number of rotatable bonds is 6. The first kappa shape index (κ1) is 26.0. The van der Waals surface area contributed by atoms with Crippen LogP contribution in [0.4, 0.5) is 13.2 Å². The Morgan fingerprint density at radius 1 is 1.07 bits per heavy atom. The molecule has 1 aliphatic carbocycles. The minimum absolute atomic E-state index is 0.121. The van der Waals surface area contributed by atoms with Crippen molar-refractivity contribution >= 4 is 22.6 Å². The van der Waals surface area contributed by atoms with Crippen molar-refractivity contribution < 1.29 is 17.9 Å². The summed E-state index contributed by atoms with van der Waals surface area (Å²) in [5.41, 5.74) is 10.8. The number of nitrogens with one attached hydrogen (secondary N) is 2. The van der Waals surface area contributed by atoms with Gasteiger partial charge in [-0.3, -0.25) is 20.0 Å². The minimum atomic E-state index is -2.64. The average molecular weight is 567 g/mol. The van der Waals surface area contributed by atoms with E-state index in [1.54, 1.807) is 35.6 Å². The molecular weight excluding hydrogens is 541 g/mol. The van der Waals surface area contributed by atoms with E-state index in [0.717, 1.165) is 44.6 Å². The van der Waals surface area contributed by atoms with Gasteiger partial charge in [-0.2, -0.15) is 5.10 Å². The Balaban J connectivity index is 1.24. The van der Waals surface area contributed by atoms with E-state index in [9.17, 15) is 13.2 Å². The van der Waals surface area contributed by atoms with Crippen LogP contribution in [0.5, 0.6) is 5.75 Å². The number of hydrogen-bond acceptors (Lipinski definition) is 5. The maximum absolute atomic E-state index is 14.4. The fourth-order valence-electron chi connectivity index (χ4n) is 5.57. The second-order valence-corrected chi connectivity index (χ2v) is 10.5. The van der Waals surface area contributed by atoms with Crippen LogP contribution in [0.3, 0.4) is 0 Å². The Labute approximate surface area is 239 Å². The first-order valence-corrected chi connectivity index (χ1v) is 13.5. The van der Waals surface area contributed by atoms with Crippen LogP contribution in [0.1, 0.15) is 28.8 Å². The van der Waals surface area contributed by atoms with Crippen LogP contribution >= 0.6 is 0 Å². The number of likely N-dealkylation sites (tertiary alicyclic amines) is 1. The fourth-order valence-corrected chi connectivity index (χ4v) is 5.57. The van der Waals surface area contributed by atoms with Crippen LogP contribution in [-0.2, 0) is 6.54 Å². The number of halogens is 3. The molecule has 0 bridgehead atoms. The number of pyridine rings is 2. The molecule has 0 spiro atoms. The lowest BCUT2D eigenvalue weighted by atomic mass is 9.97. The Hall–Kier alpha value is -4.92. The number of ether oxygens (including phenoxy) is 1. The van der Waals surface area contributed by atoms with Gasteiger partial charge in [-0.1, -0.05) is 0 Å². The molecule has 0 amide bonds. The number of aromatic amines is 2. The molecule has 7 rings (SSSR count). The fraction of sp³-hybridized carbons (Fsp3) is 0.188. The Morgan fingerprint density at radius 3 is 2.81 bits per heavy atom. The molecule has 1 saturated heterocycles. The molecule has 0 saturated carbocycles. The number of aromatic nitrogens is 5. The summed E-state index contributed by atoms with van der Waals surface area (Å²) in [6, 6.07) is 10.5. The molecule has 210 valence electrons. The molecule has 1 aliphatic heterocycles. The predicted molar refractivity (Wildman–Crippen MR) is 154 cm³/mol. The van der Waals surface area contributed by atoms with Gasteiger partial charge in [-0.05, 0) is 59.2 Å². The van der Waals surface area contributed by atoms with Crippen molar-refractivity contribution in [3.63, 3.8) is 0 Å². The van der Waals surface area contributed by atoms with Crippen molar-refractivity contribution in [2.45, 2.75) is 18.9 Å². The highest BCUT2D eigenvalue weighted by molar-refractivity contribution is 5.96. The van der Waals surface area contributed by atoms with Crippen molar-refractivity contribution in [2.24, 2.45) is 0 Å². The Morgan fingerprint density at radius 2 is 1.98 bits per heavy atom. The van der Waals surface area contributed by atoms with Gasteiger partial charge in [0.15, 0.2) is 0 Å². The van der Waals surface area contributed by atoms with E-state index in [1.807, 2.05) is 30.4 Å². The van der Waals surface area contributed by atoms with Crippen molar-refractivity contribution in [1.82, 2.24) is 30.0 Å². The first-order valence-electron chi connectivity index (χ1n) is 13.5. The molecule has 5 heterocycles. The van der Waals surface area contributed by atoms with E-state index >= 15 is 0 Å². The van der Waals surface area contributed by atoms with E-state index in [0.29, 0.717) is 35.8 Å². The number of alkyl halides is 2. The summed E-state index contributed by atoms with van der Waals surface area (Å²) in [5, 5.41) is 8.47. The number of nitrogens with zero attached hydrogens (tertiary/aromatic N) is 4. The van der Waals surface area contributed by atoms with Crippen molar-refractivity contribution in [1.29, 1.82) is 0 Å². The van der Waals surface area contributed by atoms with Crippen LogP contribution in [0.15, 0.2) is 72.9 Å². The van der Waals surface area contributed by atoms with Gasteiger partial charge in [0.25, 0.3) is 5.92 Å². The van der Waals surface area contributed by atoms with E-state index in [1.165, 1.54) is 19.2 Å². The predicted octanol–water partition coefficient (Wildman–Crippen LogP) is 6.62. The third kappa shape index (κ3) is 4.91. The Kier molecular flexibility index (Phi) is 6.30. The topological polar surface area (TPSA) is 82.7 Å². The minimum Gasteiger partial charge on any atom is -0.497 e. The molecule has 2 N–H and O–H groups in total. The second kappa shape index (κ2) is 10.2. The lowest BCUT2D eigenvalue weighted by Crippen LogP contribution is -2.24. The molecule has 2 aliphatic rings. The molecule has 1 fully saturated rings. The van der Waals surface area contributed by atoms with Crippen molar-refractivity contribution in [2.75, 3.05) is 20.2 Å². The van der Waals surface area contributed by atoms with Gasteiger partial charge in [0.2, 0.25) is 0 Å². The van der Waals surface area contributed by atoms with Crippen LogP contribution in [0.2, 0.25) is 0 Å². The molecule has 42 heavy (non-hydrogen) atoms. The third-order valence-electron chi connectivity index (χ3n) is 7.58. The Bertz CT molecular complexity index is 1930. The average Bonchev–Trinajstić information content (AvgIpc) is 3.65. The number of benzene rings is 1. The summed E-state index contributed by atoms with van der Waals surface area (Å²) >= 11 is 0. The number of H-pyrrole nitrogens is 2. The summed E-state index contributed by atoms with van der Waals surface area (Å²) in [5.74, 6) is -2.60. The summed E-state index contributed by atoms with van der Waals surface area (Å²) in [7, 11) is 1.51. The monoisotopic (exact) mass is 566 g/mol. The van der Waals surface area contributed by atoms with Gasteiger partial charge < -0.3 is 9.72 Å². The number of hydrogen-bond donors (Lipinski definition) is 2. The molecular formula is C32H25F3N6O. The standard InChI is InChI=1S/C32H25F3N6O/c1-42-23-10-20(9-22(33)11-23)24-4-2-3-5-27-25(24)12-29(38-27)31-26-13-28(37-16-30(26)39-40-31)21-8-19(14-36-15-21)17-41-7-6-32(34,35)18-41/h2,4-5,8-16,38H,6-7,17-18H2,1H3,(H,39,40). The maximum atomic E-state index is 14.4. The van der Waals surface area contributed by atoms with Gasteiger partial charge in [-0.25, -0.2) is 13.2 Å². The summed E-state index contributed by atoms with van der Waals surface area (Å²) < 4.78 is 47.0. The molecule has 0 unspecified atom stereocenters. The molecule has 7 nitrogen and oxygen atoms in total. The maximum Gasteiger partial charge on any atom is 0.261 e. The van der Waals surface area contributed by atoms with Crippen molar-refractivity contribution in [3.05, 3.63) is 101 Å². The third-order valence-corrected chi connectivity index (χ3v) is 7.58. The lowest BCUT2D eigenvalue weighted by molar-refractivity contribution is 0.0115. The molecule has 4 aromatic heterocycles. The highest BCUT2D eigenvalue weighted by Crippen LogP contribution is 2.36. The van der Waals surface area contributed by atoms with Gasteiger partial charge in [-0.15, -0.1) is 5.73 Å². The molecule has 5 aromatic rings. The largest absolute Gasteiger partial charge is 0.497 e. The van der Waals surface area contributed by atoms with Crippen LogP contribution < -0.4 is 4.74 Å². The van der Waals surface area contributed by atoms with E-state index in [-0.39, 0.29) is 18.8 Å². The number of allylic oxidation sites excluding steroid dienone is 2. The molecule has 0 atom stereocenters. The second-order valence-electron chi connectivity index (χ2n) is 10.5. The molecule has 10 heteroatoms. The highest BCUT2D eigenvalue weighted by atomic mass is 19.3. The zero-order valence-corrected chi connectivity index (χ0v) is 22.6. The number of methoxy groups -OCH3 is 1. The zero-order valence-electron chi connectivity index (χ0n) is 22.6. The van der Waals surface area contributed by atoms with Crippen LogP contribution in [-0.4, -0.2) is 56.2 Å². The smallest absolute Gasteiger partial charge is 0.261 e. The number of fused-ring (bicyclic) bond motifs is 2. The molecule has 0 radical (unpaired) electrons. The van der Waals surface area contributed by atoms with Gasteiger partial charge in [0.1, 0.15) is 17.3 Å². The van der Waals surface area contributed by atoms with Crippen LogP contribution in [0.25, 0.3) is 45.2 Å². The van der Waals surface area contributed by atoms with E-state index in [4.69, 9.17) is 4.74 Å². The van der Waals surface area contributed by atoms with E-state index < -0.39 is 5.92 Å². The summed E-state index contributed by atoms with van der Waals surface area (Å²) in [6.45, 7) is 0.516. The molecule has 1 aromatic carbocycles. The van der Waals surface area contributed by atoms with Crippen molar-refractivity contribution in [3.8, 4) is 28.4 Å². The normalized spacial score (nSPS) is 16.0. The zero-order chi connectivity index (χ0) is 28.8. The van der Waals surface area contributed by atoms with Gasteiger partial charge >= 0.3 is 0 Å². The van der Waals surface area contributed by atoms with Gasteiger partial charge in [0, 0.05) is 60.6 Å². The van der Waals surface area contributed by atoms with Gasteiger partial charge in [0.05, 0.1) is 42.4 Å². The quantitative estimate of drug-likeness (QED) is 0.226. The summed E-state index contributed by atoms with van der Waals surface area (Å²) in [4.78, 5) is 14.1. The highest BCUT2D eigenvalue weighted by Gasteiger charge is 2.37. The SMILES string of the molecule is COc1cc(F)cc(C2=CC=C=Cc3[nH]c(-c4n[nH]c5cnc(-c6cncc(CN7CCC(F)(F)C7)c6)cc45)cc32)c1. The first-order chi connectivity index (χ1) is 20.3. The lowest BCUT2D eigenvalue weighted by Gasteiger charge is -2.15.